The Balaban J connectivity index is 0.970. The maximum absolute atomic E-state index is 13.2. The van der Waals surface area contributed by atoms with E-state index in [0.29, 0.717) is 13.1 Å². The van der Waals surface area contributed by atoms with Gasteiger partial charge in [-0.25, -0.2) is 9.59 Å². The molecule has 0 N–H and O–H groups in total. The monoisotopic (exact) mass is 740 g/mol. The predicted molar refractivity (Wildman–Crippen MR) is 209 cm³/mol. The maximum atomic E-state index is 13.2. The van der Waals surface area contributed by atoms with Crippen LogP contribution in [0.2, 0.25) is 0 Å². The van der Waals surface area contributed by atoms with Crippen molar-refractivity contribution in [2.75, 3.05) is 36.1 Å². The van der Waals surface area contributed by atoms with E-state index in [1.165, 1.54) is 12.2 Å². The number of hydrogen-bond donors (Lipinski definition) is 0. The Morgan fingerprint density at radius 3 is 1.50 bits per heavy atom. The molecule has 0 aliphatic carbocycles. The number of nitrogens with zero attached hydrogens (tertiary/aromatic N) is 2. The van der Waals surface area contributed by atoms with Crippen LogP contribution in [0.4, 0.5) is 11.4 Å². The van der Waals surface area contributed by atoms with E-state index in [1.54, 1.807) is 12.2 Å². The molecule has 2 saturated heterocycles. The topological polar surface area (TPSA) is 112 Å². The van der Waals surface area contributed by atoms with Gasteiger partial charge in [0, 0.05) is 48.5 Å². The third-order valence-electron chi connectivity index (χ3n) is 11.3. The number of benzene rings is 2. The van der Waals surface area contributed by atoms with E-state index in [-0.39, 0.29) is 36.9 Å². The molecule has 4 aliphatic rings. The Bertz CT molecular complexity index is 1610. The molecule has 54 heavy (non-hydrogen) atoms. The molecule has 2 amide bonds. The summed E-state index contributed by atoms with van der Waals surface area (Å²) in [7, 11) is 0. The van der Waals surface area contributed by atoms with Gasteiger partial charge in [0.2, 0.25) is 11.8 Å². The summed E-state index contributed by atoms with van der Waals surface area (Å²) >= 11 is 0. The van der Waals surface area contributed by atoms with E-state index < -0.39 is 36.4 Å². The average molecular weight is 741 g/mol. The second kappa shape index (κ2) is 18.4. The molecule has 4 aliphatic heterocycles. The van der Waals surface area contributed by atoms with Gasteiger partial charge < -0.3 is 28.7 Å². The van der Waals surface area contributed by atoms with Crippen LogP contribution < -0.4 is 9.80 Å². The van der Waals surface area contributed by atoms with Crippen LogP contribution in [0, 0.1) is 11.8 Å². The number of carbonyl (C=O) groups excluding carboxylic acids is 4. The summed E-state index contributed by atoms with van der Waals surface area (Å²) < 4.78 is 23.2. The molecule has 2 aromatic carbocycles. The summed E-state index contributed by atoms with van der Waals surface area (Å²) in [6.07, 6.45) is 13.3. The molecular formula is C44H56N2O8. The van der Waals surface area contributed by atoms with Crippen molar-refractivity contribution in [1.29, 1.82) is 0 Å². The van der Waals surface area contributed by atoms with Crippen molar-refractivity contribution in [3.05, 3.63) is 70.8 Å². The number of ether oxygens (including phenoxy) is 4. The van der Waals surface area contributed by atoms with E-state index in [4.69, 9.17) is 18.9 Å². The quantitative estimate of drug-likeness (QED) is 0.131. The zero-order valence-electron chi connectivity index (χ0n) is 32.3. The first-order valence-electron chi connectivity index (χ1n) is 20.1. The fourth-order valence-corrected chi connectivity index (χ4v) is 8.19. The van der Waals surface area contributed by atoms with Crippen LogP contribution in [0.3, 0.4) is 0 Å². The van der Waals surface area contributed by atoms with Gasteiger partial charge in [0.05, 0.1) is 13.2 Å². The molecule has 6 atom stereocenters. The van der Waals surface area contributed by atoms with Gasteiger partial charge in [0.15, 0.2) is 12.2 Å². The normalized spacial score (nSPS) is 22.7. The van der Waals surface area contributed by atoms with Crippen molar-refractivity contribution >= 4 is 47.3 Å². The molecule has 6 rings (SSSR count). The minimum absolute atomic E-state index is 0.0503. The summed E-state index contributed by atoms with van der Waals surface area (Å²) in [6, 6.07) is 11.8. The van der Waals surface area contributed by atoms with E-state index >= 15 is 0 Å². The van der Waals surface area contributed by atoms with Crippen LogP contribution in [0.1, 0.15) is 101 Å². The standard InChI is InChI=1S/C44H56N2O8/c1-5-9-11-31(7-3)43(49)45-23-21-33-25-29(13-17-35(33)45)15-19-39(47)53-37-27-51-42-38(28-52-41(37)42)54-40(48)20-16-30-14-18-36-34(26-30)22-24-46(36)44(50)32(8-4)12-10-6-2/h13-20,25-26,31-32,37-38,41-42H,5-12,21-24,27-28H2,1-4H3/b19-15+,20-16+/t31?,32?,37-,38+,41-,42-/m1/s1. The fourth-order valence-electron chi connectivity index (χ4n) is 8.19. The van der Waals surface area contributed by atoms with Crippen molar-refractivity contribution in [3.63, 3.8) is 0 Å². The summed E-state index contributed by atoms with van der Waals surface area (Å²) in [5, 5.41) is 0. The van der Waals surface area contributed by atoms with Crippen molar-refractivity contribution in [3.8, 4) is 0 Å². The molecular weight excluding hydrogens is 684 g/mol. The molecule has 0 spiro atoms. The Kier molecular flexibility index (Phi) is 13.4. The van der Waals surface area contributed by atoms with Gasteiger partial charge in [-0.3, -0.25) is 9.59 Å². The summed E-state index contributed by atoms with van der Waals surface area (Å²) in [5.74, 6) is -0.519. The third kappa shape index (κ3) is 8.98. The van der Waals surface area contributed by atoms with Gasteiger partial charge in [-0.2, -0.15) is 0 Å². The van der Waals surface area contributed by atoms with Gasteiger partial charge >= 0.3 is 11.9 Å². The first kappa shape index (κ1) is 39.4. The predicted octanol–water partition coefficient (Wildman–Crippen LogP) is 7.25. The molecule has 2 fully saturated rings. The highest BCUT2D eigenvalue weighted by atomic mass is 16.7. The number of anilines is 2. The molecule has 2 aromatic rings. The lowest BCUT2D eigenvalue weighted by Gasteiger charge is -2.23. The summed E-state index contributed by atoms with van der Waals surface area (Å²) in [4.78, 5) is 56.0. The van der Waals surface area contributed by atoms with E-state index in [0.717, 1.165) is 97.8 Å². The van der Waals surface area contributed by atoms with Gasteiger partial charge in [0.25, 0.3) is 0 Å². The number of unbranched alkanes of at least 4 members (excludes halogenated alkanes) is 2. The van der Waals surface area contributed by atoms with Crippen LogP contribution in [-0.2, 0) is 51.0 Å². The Hall–Kier alpha value is -4.28. The Labute approximate surface area is 319 Å². The number of rotatable bonds is 16. The van der Waals surface area contributed by atoms with Crippen molar-refractivity contribution in [2.24, 2.45) is 11.8 Å². The largest absolute Gasteiger partial charge is 0.454 e. The third-order valence-corrected chi connectivity index (χ3v) is 11.3. The number of esters is 2. The van der Waals surface area contributed by atoms with Crippen LogP contribution in [0.15, 0.2) is 48.6 Å². The highest BCUT2D eigenvalue weighted by Crippen LogP contribution is 2.34. The lowest BCUT2D eigenvalue weighted by Crippen LogP contribution is -2.35. The first-order valence-corrected chi connectivity index (χ1v) is 20.1. The van der Waals surface area contributed by atoms with E-state index in [2.05, 4.69) is 27.7 Å². The number of amides is 2. The molecule has 290 valence electrons. The van der Waals surface area contributed by atoms with Crippen LogP contribution in [0.25, 0.3) is 12.2 Å². The minimum Gasteiger partial charge on any atom is -0.454 e. The minimum atomic E-state index is -0.623. The van der Waals surface area contributed by atoms with Gasteiger partial charge in [-0.1, -0.05) is 65.5 Å². The number of carbonyl (C=O) groups is 4. The molecule has 0 aromatic heterocycles. The van der Waals surface area contributed by atoms with Gasteiger partial charge in [0.1, 0.15) is 12.2 Å². The van der Waals surface area contributed by atoms with E-state index in [1.807, 2.05) is 46.2 Å². The Morgan fingerprint density at radius 2 is 1.11 bits per heavy atom. The SMILES string of the molecule is CCCCC(CC)C(=O)N1CCc2cc(/C=C/C(=O)O[C@H]3CO[C@H]4[C@@H]3OC[C@H]4OC(=O)/C=C/c3ccc4c(c3)CCN4C(=O)C(CC)CCCC)ccc21. The molecule has 0 radical (unpaired) electrons. The molecule has 10 heteroatoms. The molecule has 0 bridgehead atoms. The first-order chi connectivity index (χ1) is 26.2. The second-order valence-electron chi connectivity index (χ2n) is 15.0. The van der Waals surface area contributed by atoms with E-state index in [9.17, 15) is 19.2 Å². The maximum Gasteiger partial charge on any atom is 0.331 e. The average Bonchev–Trinajstić information content (AvgIpc) is 3.98. The molecule has 2 unspecified atom stereocenters. The van der Waals surface area contributed by atoms with Gasteiger partial charge in [-0.15, -0.1) is 0 Å². The smallest absolute Gasteiger partial charge is 0.331 e. The van der Waals surface area contributed by atoms with Crippen molar-refractivity contribution in [1.82, 2.24) is 0 Å². The number of hydrogen-bond acceptors (Lipinski definition) is 8. The molecule has 4 heterocycles. The second-order valence-corrected chi connectivity index (χ2v) is 15.0. The summed E-state index contributed by atoms with van der Waals surface area (Å²) in [5.41, 5.74) is 5.83. The number of fused-ring (bicyclic) bond motifs is 3. The van der Waals surface area contributed by atoms with Crippen LogP contribution in [-0.4, -0.2) is 74.5 Å². The zero-order chi connectivity index (χ0) is 38.2. The highest BCUT2D eigenvalue weighted by Gasteiger charge is 2.51. The zero-order valence-corrected chi connectivity index (χ0v) is 32.3. The highest BCUT2D eigenvalue weighted by molar-refractivity contribution is 5.98. The molecule has 10 nitrogen and oxygen atoms in total. The van der Waals surface area contributed by atoms with Gasteiger partial charge in [-0.05, 0) is 97.2 Å². The summed E-state index contributed by atoms with van der Waals surface area (Å²) in [6.45, 7) is 10.1. The van der Waals surface area contributed by atoms with Crippen LogP contribution in [0.5, 0.6) is 0 Å². The lowest BCUT2D eigenvalue weighted by atomic mass is 9.97. The lowest BCUT2D eigenvalue weighted by molar-refractivity contribution is -0.149. The Morgan fingerprint density at radius 1 is 0.685 bits per heavy atom. The van der Waals surface area contributed by atoms with Crippen LogP contribution >= 0.6 is 0 Å². The fraction of sp³-hybridized carbons (Fsp3) is 0.545. The molecule has 0 saturated carbocycles. The van der Waals surface area contributed by atoms with Crippen molar-refractivity contribution < 1.29 is 38.1 Å². The van der Waals surface area contributed by atoms with Crippen molar-refractivity contribution in [2.45, 2.75) is 116 Å².